The summed E-state index contributed by atoms with van der Waals surface area (Å²) in [4.78, 5) is 36.9. The minimum atomic E-state index is -0.766. The third-order valence-electron chi connectivity index (χ3n) is 5.01. The van der Waals surface area contributed by atoms with Crippen LogP contribution in [0.2, 0.25) is 5.15 Å². The zero-order valence-corrected chi connectivity index (χ0v) is 18.3. The van der Waals surface area contributed by atoms with Gasteiger partial charge in [0.25, 0.3) is 5.91 Å². The van der Waals surface area contributed by atoms with Crippen molar-refractivity contribution in [2.45, 2.75) is 26.9 Å². The van der Waals surface area contributed by atoms with Crippen LogP contribution in [0.25, 0.3) is 22.3 Å². The molecule has 0 bridgehead atoms. The van der Waals surface area contributed by atoms with Crippen molar-refractivity contribution >= 4 is 28.5 Å². The number of nitrogens with two attached hydrogens (primary N) is 1. The fourth-order valence-electron chi connectivity index (χ4n) is 3.51. The minimum Gasteiger partial charge on any atom is -0.483 e. The van der Waals surface area contributed by atoms with Gasteiger partial charge in [-0.05, 0) is 50.6 Å². The molecule has 0 saturated carbocycles. The standard InChI is InChI=1S/C23H19ClN4O4/c1-11-6-15(13(3)31-17-4-5-18(24)28-19(17)23(25)30)22-16(7-11)20(29)12(2)21(32-22)14-8-26-10-27-9-14/h4-10,13H,1-3H3,(H2,25,30). The average Bonchev–Trinajstić information content (AvgIpc) is 2.77. The predicted molar refractivity (Wildman–Crippen MR) is 120 cm³/mol. The van der Waals surface area contributed by atoms with E-state index in [0.29, 0.717) is 33.4 Å². The highest BCUT2D eigenvalue weighted by atomic mass is 35.5. The minimum absolute atomic E-state index is 0.0827. The monoisotopic (exact) mass is 450 g/mol. The van der Waals surface area contributed by atoms with Crippen molar-refractivity contribution < 1.29 is 13.9 Å². The Kier molecular flexibility index (Phi) is 5.63. The number of nitrogens with zero attached hydrogens (tertiary/aromatic N) is 3. The Hall–Kier alpha value is -3.78. The molecule has 1 aromatic carbocycles. The van der Waals surface area contributed by atoms with Gasteiger partial charge in [-0.2, -0.15) is 0 Å². The summed E-state index contributed by atoms with van der Waals surface area (Å²) in [7, 11) is 0. The summed E-state index contributed by atoms with van der Waals surface area (Å²) in [6, 6.07) is 6.66. The molecule has 2 N–H and O–H groups in total. The molecular weight excluding hydrogens is 432 g/mol. The molecule has 0 aliphatic rings. The number of fused-ring (bicyclic) bond motifs is 1. The zero-order chi connectivity index (χ0) is 23.0. The van der Waals surface area contributed by atoms with Crippen LogP contribution in [0.3, 0.4) is 0 Å². The van der Waals surface area contributed by atoms with E-state index in [2.05, 4.69) is 15.0 Å². The number of primary amides is 1. The van der Waals surface area contributed by atoms with E-state index in [1.165, 1.54) is 18.5 Å². The number of amides is 1. The second kappa shape index (κ2) is 8.39. The molecule has 0 aliphatic carbocycles. The van der Waals surface area contributed by atoms with Crippen LogP contribution in [-0.4, -0.2) is 20.9 Å². The Bertz CT molecular complexity index is 1400. The lowest BCUT2D eigenvalue weighted by molar-refractivity contribution is 0.0988. The van der Waals surface area contributed by atoms with Gasteiger partial charge < -0.3 is 14.9 Å². The first-order chi connectivity index (χ1) is 15.3. The molecule has 4 rings (SSSR count). The van der Waals surface area contributed by atoms with Gasteiger partial charge in [-0.1, -0.05) is 11.6 Å². The maximum Gasteiger partial charge on any atom is 0.271 e. The van der Waals surface area contributed by atoms with Gasteiger partial charge >= 0.3 is 0 Å². The van der Waals surface area contributed by atoms with E-state index < -0.39 is 12.0 Å². The first-order valence-corrected chi connectivity index (χ1v) is 10.1. The first kappa shape index (κ1) is 21.5. The molecule has 4 aromatic rings. The summed E-state index contributed by atoms with van der Waals surface area (Å²) in [6.45, 7) is 5.36. The fourth-order valence-corrected chi connectivity index (χ4v) is 3.66. The van der Waals surface area contributed by atoms with Crippen LogP contribution in [0.1, 0.15) is 40.2 Å². The summed E-state index contributed by atoms with van der Waals surface area (Å²) in [5.41, 5.74) is 8.08. The maximum absolute atomic E-state index is 13.2. The summed E-state index contributed by atoms with van der Waals surface area (Å²) in [5, 5.41) is 0.550. The summed E-state index contributed by atoms with van der Waals surface area (Å²) in [5.74, 6) is -0.209. The maximum atomic E-state index is 13.2. The fraction of sp³-hybridized carbons (Fsp3) is 0.174. The van der Waals surface area contributed by atoms with Gasteiger partial charge in [0.15, 0.2) is 16.9 Å². The lowest BCUT2D eigenvalue weighted by Crippen LogP contribution is -2.17. The van der Waals surface area contributed by atoms with Gasteiger partial charge in [-0.25, -0.2) is 15.0 Å². The first-order valence-electron chi connectivity index (χ1n) is 9.72. The number of carbonyl (C=O) groups excluding carboxylic acids is 1. The molecule has 1 atom stereocenters. The number of carbonyl (C=O) groups is 1. The quantitative estimate of drug-likeness (QED) is 0.453. The molecule has 9 heteroatoms. The number of rotatable bonds is 5. The van der Waals surface area contributed by atoms with E-state index in [9.17, 15) is 9.59 Å². The van der Waals surface area contributed by atoms with Gasteiger partial charge in [0.05, 0.1) is 10.9 Å². The Morgan fingerprint density at radius 3 is 2.59 bits per heavy atom. The van der Waals surface area contributed by atoms with Crippen molar-refractivity contribution in [2.24, 2.45) is 5.73 Å². The number of aromatic nitrogens is 3. The van der Waals surface area contributed by atoms with Gasteiger partial charge in [0.2, 0.25) is 0 Å². The zero-order valence-electron chi connectivity index (χ0n) is 17.5. The second-order valence-electron chi connectivity index (χ2n) is 7.35. The highest BCUT2D eigenvalue weighted by Crippen LogP contribution is 2.33. The Labute approximate surface area is 188 Å². The van der Waals surface area contributed by atoms with Gasteiger partial charge in [0, 0.05) is 23.5 Å². The van der Waals surface area contributed by atoms with Gasteiger partial charge in [0.1, 0.15) is 28.9 Å². The van der Waals surface area contributed by atoms with Crippen LogP contribution < -0.4 is 15.9 Å². The number of hydrogen-bond acceptors (Lipinski definition) is 7. The van der Waals surface area contributed by atoms with E-state index in [-0.39, 0.29) is 22.0 Å². The van der Waals surface area contributed by atoms with E-state index in [1.807, 2.05) is 13.0 Å². The molecule has 162 valence electrons. The summed E-state index contributed by atoms with van der Waals surface area (Å²) in [6.07, 6.45) is 3.95. The number of ether oxygens (including phenoxy) is 1. The molecule has 1 amide bonds. The average molecular weight is 451 g/mol. The second-order valence-corrected chi connectivity index (χ2v) is 7.74. The smallest absolute Gasteiger partial charge is 0.271 e. The molecular formula is C23H19ClN4O4. The van der Waals surface area contributed by atoms with Crippen molar-refractivity contribution in [3.05, 3.63) is 80.7 Å². The predicted octanol–water partition coefficient (Wildman–Crippen LogP) is 4.15. The summed E-state index contributed by atoms with van der Waals surface area (Å²) < 4.78 is 12.2. The highest BCUT2D eigenvalue weighted by Gasteiger charge is 2.22. The lowest BCUT2D eigenvalue weighted by Gasteiger charge is -2.19. The molecule has 0 fully saturated rings. The molecule has 0 saturated heterocycles. The summed E-state index contributed by atoms with van der Waals surface area (Å²) >= 11 is 5.89. The van der Waals surface area contributed by atoms with E-state index in [4.69, 9.17) is 26.5 Å². The SMILES string of the molecule is Cc1cc(C(C)Oc2ccc(Cl)nc2C(N)=O)c2oc(-c3cncnc3)c(C)c(=O)c2c1. The number of hydrogen-bond donors (Lipinski definition) is 1. The van der Waals surface area contributed by atoms with Crippen molar-refractivity contribution in [2.75, 3.05) is 0 Å². The third-order valence-corrected chi connectivity index (χ3v) is 5.22. The van der Waals surface area contributed by atoms with E-state index in [0.717, 1.165) is 5.56 Å². The van der Waals surface area contributed by atoms with E-state index >= 15 is 0 Å². The van der Waals surface area contributed by atoms with Crippen LogP contribution in [0.4, 0.5) is 0 Å². The lowest BCUT2D eigenvalue weighted by atomic mass is 10.0. The Balaban J connectivity index is 1.88. The van der Waals surface area contributed by atoms with Crippen LogP contribution in [0.15, 0.2) is 52.2 Å². The molecule has 3 aromatic heterocycles. The van der Waals surface area contributed by atoms with Crippen LogP contribution in [0, 0.1) is 13.8 Å². The van der Waals surface area contributed by atoms with E-state index in [1.54, 1.807) is 32.3 Å². The topological polar surface area (TPSA) is 121 Å². The number of benzene rings is 1. The van der Waals surface area contributed by atoms with Gasteiger partial charge in [-0.3, -0.25) is 9.59 Å². The van der Waals surface area contributed by atoms with Crippen LogP contribution >= 0.6 is 11.6 Å². The Morgan fingerprint density at radius 1 is 1.19 bits per heavy atom. The van der Waals surface area contributed by atoms with Crippen molar-refractivity contribution in [3.8, 4) is 17.1 Å². The largest absolute Gasteiger partial charge is 0.483 e. The molecule has 32 heavy (non-hydrogen) atoms. The van der Waals surface area contributed by atoms with Crippen LogP contribution in [-0.2, 0) is 0 Å². The van der Waals surface area contributed by atoms with Crippen molar-refractivity contribution in [3.63, 3.8) is 0 Å². The van der Waals surface area contributed by atoms with Crippen molar-refractivity contribution in [1.29, 1.82) is 0 Å². The van der Waals surface area contributed by atoms with Crippen molar-refractivity contribution in [1.82, 2.24) is 15.0 Å². The molecule has 0 spiro atoms. The van der Waals surface area contributed by atoms with Gasteiger partial charge in [-0.15, -0.1) is 0 Å². The highest BCUT2D eigenvalue weighted by molar-refractivity contribution is 6.29. The molecule has 1 unspecified atom stereocenters. The molecule has 0 radical (unpaired) electrons. The molecule has 3 heterocycles. The third kappa shape index (κ3) is 3.92. The molecule has 8 nitrogen and oxygen atoms in total. The number of pyridine rings is 1. The Morgan fingerprint density at radius 2 is 1.91 bits per heavy atom. The normalized spacial score (nSPS) is 12.0. The van der Waals surface area contributed by atoms with Crippen LogP contribution in [0.5, 0.6) is 5.75 Å². The molecule has 0 aliphatic heterocycles. The number of halogens is 1. The number of aryl methyl sites for hydroxylation is 1.